The Morgan fingerprint density at radius 3 is 1.76 bits per heavy atom. The molecule has 0 bridgehead atoms. The van der Waals surface area contributed by atoms with Gasteiger partial charge in [0.1, 0.15) is 0 Å². The second-order valence-electron chi connectivity index (χ2n) is 4.17. The van der Waals surface area contributed by atoms with Crippen molar-refractivity contribution >= 4 is 21.8 Å². The summed E-state index contributed by atoms with van der Waals surface area (Å²) in [5, 5.41) is 3.49. The summed E-state index contributed by atoms with van der Waals surface area (Å²) in [4.78, 5) is 4.45. The first-order valence-corrected chi connectivity index (χ1v) is 5.72. The Hall–Kier alpha value is -2.09. The van der Waals surface area contributed by atoms with Gasteiger partial charge >= 0.3 is 0 Å². The highest BCUT2D eigenvalue weighted by atomic mass is 14.9. The second-order valence-corrected chi connectivity index (χ2v) is 4.17. The van der Waals surface area contributed by atoms with E-state index >= 15 is 0 Å². The number of hydrogen-bond donors (Lipinski definition) is 0. The minimum Gasteiger partial charge on any atom is -0.344 e. The van der Waals surface area contributed by atoms with Crippen LogP contribution in [0.25, 0.3) is 21.8 Å². The van der Waals surface area contributed by atoms with Crippen LogP contribution in [0.3, 0.4) is 0 Å². The molecule has 2 nitrogen and oxygen atoms in total. The number of fused-ring (bicyclic) bond motifs is 2. The van der Waals surface area contributed by atoms with Crippen molar-refractivity contribution in [1.29, 1.82) is 0 Å². The van der Waals surface area contributed by atoms with Gasteiger partial charge < -0.3 is 4.57 Å². The second kappa shape index (κ2) is 3.74. The van der Waals surface area contributed by atoms with Gasteiger partial charge in [-0.3, -0.25) is 4.99 Å². The van der Waals surface area contributed by atoms with Gasteiger partial charge in [-0.2, -0.15) is 0 Å². The zero-order valence-electron chi connectivity index (χ0n) is 10.0. The molecule has 0 radical (unpaired) electrons. The van der Waals surface area contributed by atoms with E-state index in [1.807, 2.05) is 7.05 Å². The number of hydrogen-bond acceptors (Lipinski definition) is 1. The molecule has 1 aromatic heterocycles. The lowest BCUT2D eigenvalue weighted by Gasteiger charge is -2.11. The number of para-hydroxylation sites is 2. The highest BCUT2D eigenvalue weighted by Gasteiger charge is 2.04. The first kappa shape index (κ1) is 10.1. The summed E-state index contributed by atoms with van der Waals surface area (Å²) in [5.41, 5.74) is 2.43. The van der Waals surface area contributed by atoms with Crippen LogP contribution in [0.2, 0.25) is 0 Å². The SMILES string of the molecule is CN=c1c2ccccc2n(C)c2ccccc12. The van der Waals surface area contributed by atoms with Gasteiger partial charge in [0, 0.05) is 24.9 Å². The van der Waals surface area contributed by atoms with Crippen molar-refractivity contribution in [2.45, 2.75) is 0 Å². The van der Waals surface area contributed by atoms with Gasteiger partial charge in [-0.15, -0.1) is 0 Å². The molecule has 0 saturated carbocycles. The van der Waals surface area contributed by atoms with Crippen LogP contribution in [-0.4, -0.2) is 11.6 Å². The molecule has 1 heterocycles. The molecular weight excluding hydrogens is 208 g/mol. The summed E-state index contributed by atoms with van der Waals surface area (Å²) in [6.07, 6.45) is 0. The third-order valence-electron chi connectivity index (χ3n) is 3.26. The smallest absolute Gasteiger partial charge is 0.0757 e. The van der Waals surface area contributed by atoms with Crippen LogP contribution in [0.5, 0.6) is 0 Å². The van der Waals surface area contributed by atoms with Gasteiger partial charge in [0.15, 0.2) is 0 Å². The molecule has 84 valence electrons. The summed E-state index contributed by atoms with van der Waals surface area (Å²) in [6, 6.07) is 16.8. The lowest BCUT2D eigenvalue weighted by atomic mass is 10.1. The van der Waals surface area contributed by atoms with Crippen molar-refractivity contribution in [3.8, 4) is 0 Å². The Morgan fingerprint density at radius 2 is 1.29 bits per heavy atom. The number of nitrogens with zero attached hydrogens (tertiary/aromatic N) is 2. The molecule has 0 unspecified atom stereocenters. The van der Waals surface area contributed by atoms with Gasteiger partial charge in [0.05, 0.1) is 16.4 Å². The summed E-state index contributed by atoms with van der Waals surface area (Å²) < 4.78 is 2.22. The highest BCUT2D eigenvalue weighted by Crippen LogP contribution is 2.17. The maximum Gasteiger partial charge on any atom is 0.0757 e. The molecular formula is C15H14N2. The Labute approximate surface area is 99.8 Å². The van der Waals surface area contributed by atoms with E-state index in [1.165, 1.54) is 21.8 Å². The number of aromatic nitrogens is 1. The van der Waals surface area contributed by atoms with Gasteiger partial charge in [0.2, 0.25) is 0 Å². The molecule has 0 fully saturated rings. The summed E-state index contributed by atoms with van der Waals surface area (Å²) in [7, 11) is 3.96. The van der Waals surface area contributed by atoms with Crippen LogP contribution >= 0.6 is 0 Å². The van der Waals surface area contributed by atoms with Gasteiger partial charge in [0.25, 0.3) is 0 Å². The average Bonchev–Trinajstić information content (AvgIpc) is 2.40. The Balaban J connectivity index is 2.74. The predicted molar refractivity (Wildman–Crippen MR) is 71.9 cm³/mol. The first-order valence-electron chi connectivity index (χ1n) is 5.72. The monoisotopic (exact) mass is 222 g/mol. The minimum atomic E-state index is 1.08. The van der Waals surface area contributed by atoms with Gasteiger partial charge in [-0.05, 0) is 12.1 Å². The molecule has 2 heteroatoms. The largest absolute Gasteiger partial charge is 0.344 e. The molecule has 0 aliphatic heterocycles. The Kier molecular flexibility index (Phi) is 2.22. The minimum absolute atomic E-state index is 1.08. The van der Waals surface area contributed by atoms with E-state index in [-0.39, 0.29) is 0 Å². The fourth-order valence-electron chi connectivity index (χ4n) is 2.45. The van der Waals surface area contributed by atoms with Crippen LogP contribution in [-0.2, 0) is 7.05 Å². The molecule has 2 aromatic carbocycles. The van der Waals surface area contributed by atoms with Gasteiger partial charge in [-0.25, -0.2) is 0 Å². The Morgan fingerprint density at radius 1 is 0.824 bits per heavy atom. The zero-order chi connectivity index (χ0) is 11.8. The Bertz CT molecular complexity index is 707. The number of benzene rings is 2. The van der Waals surface area contributed by atoms with E-state index in [4.69, 9.17) is 0 Å². The number of pyridine rings is 1. The quantitative estimate of drug-likeness (QED) is 0.520. The van der Waals surface area contributed by atoms with Crippen molar-refractivity contribution in [3.05, 3.63) is 53.9 Å². The molecule has 0 amide bonds. The predicted octanol–water partition coefficient (Wildman–Crippen LogP) is 2.86. The summed E-state index contributed by atoms with van der Waals surface area (Å²) >= 11 is 0. The first-order chi connectivity index (χ1) is 8.33. The normalized spacial score (nSPS) is 10.9. The van der Waals surface area contributed by atoms with E-state index in [0.29, 0.717) is 0 Å². The highest BCUT2D eigenvalue weighted by molar-refractivity contribution is 5.93. The third kappa shape index (κ3) is 1.37. The topological polar surface area (TPSA) is 17.3 Å². The third-order valence-corrected chi connectivity index (χ3v) is 3.26. The number of rotatable bonds is 0. The fraction of sp³-hybridized carbons (Fsp3) is 0.133. The van der Waals surface area contributed by atoms with Crippen LogP contribution < -0.4 is 5.36 Å². The molecule has 0 saturated heterocycles. The van der Waals surface area contributed by atoms with Crippen LogP contribution in [0.4, 0.5) is 0 Å². The molecule has 0 N–H and O–H groups in total. The zero-order valence-corrected chi connectivity index (χ0v) is 10.0. The maximum absolute atomic E-state index is 4.45. The summed E-state index contributed by atoms with van der Waals surface area (Å²) in [6.45, 7) is 0. The van der Waals surface area contributed by atoms with Gasteiger partial charge in [-0.1, -0.05) is 36.4 Å². The molecule has 0 atom stereocenters. The molecule has 17 heavy (non-hydrogen) atoms. The maximum atomic E-state index is 4.45. The number of aryl methyl sites for hydroxylation is 1. The lowest BCUT2D eigenvalue weighted by Crippen LogP contribution is -2.10. The van der Waals surface area contributed by atoms with Crippen molar-refractivity contribution in [2.24, 2.45) is 12.0 Å². The molecule has 0 aliphatic rings. The van der Waals surface area contributed by atoms with E-state index in [9.17, 15) is 0 Å². The van der Waals surface area contributed by atoms with E-state index in [0.717, 1.165) is 5.36 Å². The average molecular weight is 222 g/mol. The molecule has 3 rings (SSSR count). The van der Waals surface area contributed by atoms with Crippen molar-refractivity contribution in [3.63, 3.8) is 0 Å². The van der Waals surface area contributed by atoms with E-state index in [2.05, 4.69) is 65.1 Å². The molecule has 3 aromatic rings. The van der Waals surface area contributed by atoms with Crippen LogP contribution in [0, 0.1) is 0 Å². The van der Waals surface area contributed by atoms with Crippen molar-refractivity contribution in [2.75, 3.05) is 7.05 Å². The molecule has 0 aliphatic carbocycles. The fourth-order valence-corrected chi connectivity index (χ4v) is 2.45. The van der Waals surface area contributed by atoms with Crippen molar-refractivity contribution < 1.29 is 0 Å². The van der Waals surface area contributed by atoms with Crippen LogP contribution in [0.1, 0.15) is 0 Å². The standard InChI is InChI=1S/C15H14N2/c1-16-15-11-7-3-5-9-13(11)17(2)14-10-6-4-8-12(14)15/h3-10H,1-2H3. The van der Waals surface area contributed by atoms with E-state index < -0.39 is 0 Å². The summed E-state index contributed by atoms with van der Waals surface area (Å²) in [5.74, 6) is 0. The van der Waals surface area contributed by atoms with Crippen LogP contribution in [0.15, 0.2) is 53.5 Å². The molecule has 0 spiro atoms. The van der Waals surface area contributed by atoms with Crippen molar-refractivity contribution in [1.82, 2.24) is 4.57 Å². The van der Waals surface area contributed by atoms with E-state index in [1.54, 1.807) is 0 Å². The lowest BCUT2D eigenvalue weighted by molar-refractivity contribution is 1.000.